The molecule has 3 N–H and O–H groups in total. The molecule has 0 heterocycles. The number of halogens is 2. The van der Waals surface area contributed by atoms with Crippen molar-refractivity contribution < 1.29 is 5.11 Å². The molecule has 15 heavy (non-hydrogen) atoms. The summed E-state index contributed by atoms with van der Waals surface area (Å²) in [5.41, 5.74) is 6.59. The molecule has 0 radical (unpaired) electrons. The van der Waals surface area contributed by atoms with E-state index in [-0.39, 0.29) is 23.0 Å². The number of rotatable bonds is 4. The minimum atomic E-state index is -0.592. The molecular formula is C10H15Br2NOS. The standard InChI is InChI=1S/C10H14BrNOS.BrH/c1-14-8-4-2-7(3-5-8)10(13)9(12)6-11;/h2-5,9-10,13H,6,12H2,1H3;1H. The molecule has 0 aliphatic carbocycles. The highest BCUT2D eigenvalue weighted by Crippen LogP contribution is 2.21. The van der Waals surface area contributed by atoms with Crippen molar-refractivity contribution in [1.29, 1.82) is 0 Å². The van der Waals surface area contributed by atoms with Gasteiger partial charge in [0.15, 0.2) is 0 Å². The zero-order valence-corrected chi connectivity index (χ0v) is 12.5. The summed E-state index contributed by atoms with van der Waals surface area (Å²) in [4.78, 5) is 1.19. The van der Waals surface area contributed by atoms with Crippen LogP contribution < -0.4 is 5.73 Å². The van der Waals surface area contributed by atoms with Crippen molar-refractivity contribution in [3.05, 3.63) is 29.8 Å². The Balaban J connectivity index is 0.00000196. The highest BCUT2D eigenvalue weighted by Gasteiger charge is 2.15. The van der Waals surface area contributed by atoms with Crippen molar-refractivity contribution in [2.75, 3.05) is 11.6 Å². The summed E-state index contributed by atoms with van der Waals surface area (Å²) in [6, 6.07) is 7.56. The lowest BCUT2D eigenvalue weighted by Gasteiger charge is -2.16. The topological polar surface area (TPSA) is 46.2 Å². The van der Waals surface area contributed by atoms with Crippen molar-refractivity contribution in [2.24, 2.45) is 5.73 Å². The van der Waals surface area contributed by atoms with Crippen LogP contribution in [0.1, 0.15) is 11.7 Å². The first kappa shape index (κ1) is 15.4. The van der Waals surface area contributed by atoms with Crippen LogP contribution in [0.15, 0.2) is 29.2 Å². The third kappa shape index (κ3) is 4.44. The highest BCUT2D eigenvalue weighted by molar-refractivity contribution is 9.09. The first-order valence-electron chi connectivity index (χ1n) is 4.32. The summed E-state index contributed by atoms with van der Waals surface area (Å²) >= 11 is 4.93. The number of hydrogen-bond acceptors (Lipinski definition) is 3. The van der Waals surface area contributed by atoms with E-state index in [1.54, 1.807) is 11.8 Å². The average molecular weight is 357 g/mol. The van der Waals surface area contributed by atoms with Gasteiger partial charge in [0, 0.05) is 16.3 Å². The van der Waals surface area contributed by atoms with Crippen LogP contribution in [0.2, 0.25) is 0 Å². The summed E-state index contributed by atoms with van der Waals surface area (Å²) in [5.74, 6) is 0. The van der Waals surface area contributed by atoms with Gasteiger partial charge < -0.3 is 10.8 Å². The maximum Gasteiger partial charge on any atom is 0.0949 e. The fourth-order valence-electron chi connectivity index (χ4n) is 1.13. The van der Waals surface area contributed by atoms with Crippen LogP contribution in [0, 0.1) is 0 Å². The molecule has 2 unspecified atom stereocenters. The van der Waals surface area contributed by atoms with Crippen LogP contribution in [0.3, 0.4) is 0 Å². The minimum Gasteiger partial charge on any atom is -0.387 e. The SMILES string of the molecule is Br.CSc1ccc(C(O)C(N)CBr)cc1. The molecule has 0 fully saturated rings. The van der Waals surface area contributed by atoms with Gasteiger partial charge >= 0.3 is 0 Å². The number of aliphatic hydroxyl groups excluding tert-OH is 1. The maximum absolute atomic E-state index is 9.79. The van der Waals surface area contributed by atoms with E-state index in [0.717, 1.165) is 5.56 Å². The molecule has 2 atom stereocenters. The second kappa shape index (κ2) is 7.68. The third-order valence-electron chi connectivity index (χ3n) is 2.04. The quantitative estimate of drug-likeness (QED) is 0.644. The smallest absolute Gasteiger partial charge is 0.0949 e. The second-order valence-electron chi connectivity index (χ2n) is 3.04. The lowest BCUT2D eigenvalue weighted by atomic mass is 10.0. The largest absolute Gasteiger partial charge is 0.387 e. The molecule has 0 aromatic heterocycles. The number of benzene rings is 1. The van der Waals surface area contributed by atoms with E-state index in [2.05, 4.69) is 15.9 Å². The molecule has 0 amide bonds. The molecule has 1 rings (SSSR count). The van der Waals surface area contributed by atoms with Crippen molar-refractivity contribution in [3.63, 3.8) is 0 Å². The van der Waals surface area contributed by atoms with Gasteiger partial charge in [0.05, 0.1) is 6.10 Å². The van der Waals surface area contributed by atoms with Gasteiger partial charge in [-0.3, -0.25) is 0 Å². The summed E-state index contributed by atoms with van der Waals surface area (Å²) in [6.45, 7) is 0. The van der Waals surface area contributed by atoms with E-state index in [9.17, 15) is 5.11 Å². The predicted octanol–water partition coefficient (Wildman–Crippen LogP) is 2.74. The van der Waals surface area contributed by atoms with Crippen LogP contribution >= 0.6 is 44.7 Å². The van der Waals surface area contributed by atoms with Crippen LogP contribution in [0.25, 0.3) is 0 Å². The van der Waals surface area contributed by atoms with E-state index in [0.29, 0.717) is 5.33 Å². The number of thioether (sulfide) groups is 1. The molecule has 0 aliphatic heterocycles. The lowest BCUT2D eigenvalue weighted by molar-refractivity contribution is 0.155. The van der Waals surface area contributed by atoms with E-state index in [4.69, 9.17) is 5.73 Å². The fourth-order valence-corrected chi connectivity index (χ4v) is 1.90. The Morgan fingerprint density at radius 1 is 1.40 bits per heavy atom. The van der Waals surface area contributed by atoms with E-state index in [1.165, 1.54) is 4.90 Å². The molecule has 0 saturated carbocycles. The Bertz CT molecular complexity index is 281. The van der Waals surface area contributed by atoms with Gasteiger partial charge in [-0.2, -0.15) is 0 Å². The molecule has 0 saturated heterocycles. The minimum absolute atomic E-state index is 0. The summed E-state index contributed by atoms with van der Waals surface area (Å²) in [7, 11) is 0. The summed E-state index contributed by atoms with van der Waals surface area (Å²) in [5, 5.41) is 10.4. The van der Waals surface area contributed by atoms with E-state index in [1.807, 2.05) is 30.5 Å². The van der Waals surface area contributed by atoms with Crippen molar-refractivity contribution >= 4 is 44.7 Å². The van der Waals surface area contributed by atoms with Crippen LogP contribution in [0.5, 0.6) is 0 Å². The summed E-state index contributed by atoms with van der Waals surface area (Å²) in [6.07, 6.45) is 1.43. The van der Waals surface area contributed by atoms with Crippen molar-refractivity contribution in [3.8, 4) is 0 Å². The molecule has 1 aromatic carbocycles. The third-order valence-corrected chi connectivity index (χ3v) is 3.53. The van der Waals surface area contributed by atoms with Crippen LogP contribution in [-0.2, 0) is 0 Å². The maximum atomic E-state index is 9.79. The van der Waals surface area contributed by atoms with Gasteiger partial charge in [-0.05, 0) is 24.0 Å². The van der Waals surface area contributed by atoms with Gasteiger partial charge in [-0.25, -0.2) is 0 Å². The lowest BCUT2D eigenvalue weighted by Crippen LogP contribution is -2.29. The molecular weight excluding hydrogens is 342 g/mol. The monoisotopic (exact) mass is 355 g/mol. The summed E-state index contributed by atoms with van der Waals surface area (Å²) < 4.78 is 0. The van der Waals surface area contributed by atoms with Gasteiger partial charge in [0.25, 0.3) is 0 Å². The van der Waals surface area contributed by atoms with E-state index < -0.39 is 6.10 Å². The number of nitrogens with two attached hydrogens (primary N) is 1. The van der Waals surface area contributed by atoms with Gasteiger partial charge in [0.2, 0.25) is 0 Å². The number of hydrogen-bond donors (Lipinski definition) is 2. The van der Waals surface area contributed by atoms with E-state index >= 15 is 0 Å². The molecule has 2 nitrogen and oxygen atoms in total. The molecule has 1 aromatic rings. The van der Waals surface area contributed by atoms with Gasteiger partial charge in [-0.15, -0.1) is 28.7 Å². The predicted molar refractivity (Wildman–Crippen MR) is 75.3 cm³/mol. The second-order valence-corrected chi connectivity index (χ2v) is 4.56. The molecule has 0 spiro atoms. The van der Waals surface area contributed by atoms with Crippen molar-refractivity contribution in [2.45, 2.75) is 17.0 Å². The van der Waals surface area contributed by atoms with Crippen LogP contribution in [0.4, 0.5) is 0 Å². The Morgan fingerprint density at radius 3 is 2.33 bits per heavy atom. The number of alkyl halides is 1. The average Bonchev–Trinajstić information content (AvgIpc) is 2.27. The Hall–Kier alpha value is 0.450. The Morgan fingerprint density at radius 2 is 1.93 bits per heavy atom. The van der Waals surface area contributed by atoms with Gasteiger partial charge in [-0.1, -0.05) is 28.1 Å². The fraction of sp³-hybridized carbons (Fsp3) is 0.400. The number of aliphatic hydroxyl groups is 1. The molecule has 86 valence electrons. The van der Waals surface area contributed by atoms with Crippen LogP contribution in [-0.4, -0.2) is 22.7 Å². The molecule has 0 bridgehead atoms. The molecule has 5 heteroatoms. The normalized spacial score (nSPS) is 14.1. The zero-order chi connectivity index (χ0) is 10.6. The molecule has 0 aliphatic rings. The van der Waals surface area contributed by atoms with Gasteiger partial charge in [0.1, 0.15) is 0 Å². The Kier molecular flexibility index (Phi) is 7.91. The Labute approximate surface area is 114 Å². The first-order chi connectivity index (χ1) is 6.69. The highest BCUT2D eigenvalue weighted by atomic mass is 79.9. The first-order valence-corrected chi connectivity index (χ1v) is 6.67. The zero-order valence-electron chi connectivity index (χ0n) is 8.39. The van der Waals surface area contributed by atoms with Crippen molar-refractivity contribution in [1.82, 2.24) is 0 Å².